The number of halogens is 1. The number of amides is 1. The van der Waals surface area contributed by atoms with E-state index in [2.05, 4.69) is 5.10 Å². The van der Waals surface area contributed by atoms with Crippen molar-refractivity contribution in [3.63, 3.8) is 0 Å². The van der Waals surface area contributed by atoms with Crippen LogP contribution < -0.4 is 4.74 Å². The number of nitro benzene ring substituents is 1. The van der Waals surface area contributed by atoms with Gasteiger partial charge in [-0.1, -0.05) is 23.7 Å². The molecule has 1 atom stereocenters. The normalized spacial score (nSPS) is 15.9. The average molecular weight is 390 g/mol. The van der Waals surface area contributed by atoms with E-state index in [-0.39, 0.29) is 23.8 Å². The van der Waals surface area contributed by atoms with Crippen molar-refractivity contribution in [3.05, 3.63) is 68.7 Å². The first-order valence-corrected chi connectivity index (χ1v) is 8.41. The Labute approximate surface area is 160 Å². The van der Waals surface area contributed by atoms with E-state index in [4.69, 9.17) is 21.1 Å². The number of benzene rings is 2. The van der Waals surface area contributed by atoms with Gasteiger partial charge in [0.1, 0.15) is 5.75 Å². The van der Waals surface area contributed by atoms with Crippen molar-refractivity contribution < 1.29 is 19.2 Å². The van der Waals surface area contributed by atoms with Crippen LogP contribution in [0.4, 0.5) is 5.69 Å². The first-order valence-electron chi connectivity index (χ1n) is 8.03. The van der Waals surface area contributed by atoms with Gasteiger partial charge in [-0.25, -0.2) is 0 Å². The Morgan fingerprint density at radius 2 is 2.11 bits per heavy atom. The molecular formula is C18H16ClN3O5. The predicted molar refractivity (Wildman–Crippen MR) is 98.6 cm³/mol. The predicted octanol–water partition coefficient (Wildman–Crippen LogP) is 3.83. The van der Waals surface area contributed by atoms with E-state index in [0.29, 0.717) is 10.8 Å². The van der Waals surface area contributed by atoms with E-state index in [1.54, 1.807) is 30.3 Å². The second kappa shape index (κ2) is 7.63. The summed E-state index contributed by atoms with van der Waals surface area (Å²) in [5, 5.41) is 17.1. The number of carbonyl (C=O) groups is 1. The van der Waals surface area contributed by atoms with Gasteiger partial charge in [0.2, 0.25) is 18.0 Å². The number of aryl methyl sites for hydroxylation is 1. The van der Waals surface area contributed by atoms with Crippen molar-refractivity contribution in [1.29, 1.82) is 0 Å². The Balaban J connectivity index is 1.80. The highest BCUT2D eigenvalue weighted by Gasteiger charge is 2.36. The van der Waals surface area contributed by atoms with Crippen molar-refractivity contribution >= 4 is 29.1 Å². The van der Waals surface area contributed by atoms with Crippen molar-refractivity contribution in [2.45, 2.75) is 20.1 Å². The van der Waals surface area contributed by atoms with Gasteiger partial charge in [0.15, 0.2) is 6.61 Å². The third-order valence-corrected chi connectivity index (χ3v) is 4.13. The molecule has 1 aliphatic heterocycles. The number of hydrogen-bond donors (Lipinski definition) is 0. The molecule has 1 amide bonds. The molecule has 27 heavy (non-hydrogen) atoms. The molecule has 2 aromatic carbocycles. The van der Waals surface area contributed by atoms with Crippen LogP contribution in [-0.2, 0) is 9.53 Å². The summed E-state index contributed by atoms with van der Waals surface area (Å²) in [6.07, 6.45) is -1.02. The zero-order valence-corrected chi connectivity index (χ0v) is 15.3. The van der Waals surface area contributed by atoms with Crippen molar-refractivity contribution in [2.75, 3.05) is 6.61 Å². The molecule has 0 unspecified atom stereocenters. The van der Waals surface area contributed by atoms with Gasteiger partial charge < -0.3 is 9.47 Å². The summed E-state index contributed by atoms with van der Waals surface area (Å²) in [5.41, 5.74) is 0.915. The second-order valence-corrected chi connectivity index (χ2v) is 6.28. The summed E-state index contributed by atoms with van der Waals surface area (Å²) < 4.78 is 11.4. The van der Waals surface area contributed by atoms with E-state index in [9.17, 15) is 14.9 Å². The fraction of sp³-hybridized carbons (Fsp3) is 0.222. The molecule has 0 fully saturated rings. The minimum absolute atomic E-state index is 0.0383. The fourth-order valence-corrected chi connectivity index (χ4v) is 2.87. The van der Waals surface area contributed by atoms with Crippen LogP contribution in [-0.4, -0.2) is 28.3 Å². The van der Waals surface area contributed by atoms with Gasteiger partial charge in [-0.2, -0.15) is 5.01 Å². The van der Waals surface area contributed by atoms with Gasteiger partial charge in [-0.15, -0.1) is 5.10 Å². The molecule has 9 heteroatoms. The minimum Gasteiger partial charge on any atom is -0.484 e. The summed E-state index contributed by atoms with van der Waals surface area (Å²) in [6, 6.07) is 11.2. The van der Waals surface area contributed by atoms with E-state index >= 15 is 0 Å². The SMILES string of the molecule is CC(=O)N1N=C(COc2ccc(Cl)cc2C)O[C@H]1c1ccccc1[N+](=O)[O-]. The molecule has 1 heterocycles. The van der Waals surface area contributed by atoms with Crippen LogP contribution >= 0.6 is 11.6 Å². The fourth-order valence-electron chi connectivity index (χ4n) is 2.65. The highest BCUT2D eigenvalue weighted by molar-refractivity contribution is 6.30. The molecule has 0 aliphatic carbocycles. The van der Waals surface area contributed by atoms with E-state index in [0.717, 1.165) is 10.6 Å². The largest absolute Gasteiger partial charge is 0.484 e. The molecule has 0 aromatic heterocycles. The standard InChI is InChI=1S/C18H16ClN3O5/c1-11-9-13(19)7-8-16(11)26-10-17-20-21(12(2)23)18(27-17)14-5-3-4-6-15(14)22(24)25/h3-9,18H,10H2,1-2H3/t18-/m0/s1. The number of nitrogens with zero attached hydrogens (tertiary/aromatic N) is 3. The molecule has 0 radical (unpaired) electrons. The lowest BCUT2D eigenvalue weighted by molar-refractivity contribution is -0.386. The molecule has 140 valence electrons. The molecule has 8 nitrogen and oxygen atoms in total. The molecule has 0 saturated carbocycles. The van der Waals surface area contributed by atoms with E-state index < -0.39 is 17.1 Å². The Kier molecular flexibility index (Phi) is 5.27. The second-order valence-electron chi connectivity index (χ2n) is 5.84. The van der Waals surface area contributed by atoms with Gasteiger partial charge in [0, 0.05) is 18.0 Å². The maximum absolute atomic E-state index is 11.9. The Bertz CT molecular complexity index is 931. The first-order chi connectivity index (χ1) is 12.9. The van der Waals surface area contributed by atoms with Crippen LogP contribution in [0.3, 0.4) is 0 Å². The Hall–Kier alpha value is -3.13. The molecule has 0 N–H and O–H groups in total. The van der Waals surface area contributed by atoms with Crippen LogP contribution in [0.5, 0.6) is 5.75 Å². The highest BCUT2D eigenvalue weighted by atomic mass is 35.5. The lowest BCUT2D eigenvalue weighted by Crippen LogP contribution is -2.26. The smallest absolute Gasteiger partial charge is 0.278 e. The quantitative estimate of drug-likeness (QED) is 0.572. The number of hydrogen-bond acceptors (Lipinski definition) is 6. The molecule has 2 aromatic rings. The van der Waals surface area contributed by atoms with Crippen LogP contribution in [0.25, 0.3) is 0 Å². The van der Waals surface area contributed by atoms with Gasteiger partial charge in [-0.05, 0) is 36.8 Å². The van der Waals surface area contributed by atoms with Gasteiger partial charge >= 0.3 is 0 Å². The van der Waals surface area contributed by atoms with E-state index in [1.165, 1.54) is 19.1 Å². The number of rotatable bonds is 5. The molecule has 0 saturated heterocycles. The number of carbonyl (C=O) groups excluding carboxylic acids is 1. The lowest BCUT2D eigenvalue weighted by atomic mass is 10.1. The molecule has 0 bridgehead atoms. The zero-order valence-electron chi connectivity index (χ0n) is 14.6. The van der Waals surface area contributed by atoms with Crippen molar-refractivity contribution in [3.8, 4) is 5.75 Å². The molecular weight excluding hydrogens is 374 g/mol. The maximum atomic E-state index is 11.9. The summed E-state index contributed by atoms with van der Waals surface area (Å²) >= 11 is 5.92. The zero-order chi connectivity index (χ0) is 19.6. The Morgan fingerprint density at radius 1 is 1.37 bits per heavy atom. The van der Waals surface area contributed by atoms with E-state index in [1.807, 2.05) is 6.92 Å². The Morgan fingerprint density at radius 3 is 2.78 bits per heavy atom. The third kappa shape index (κ3) is 4.01. The molecule has 3 rings (SSSR count). The summed E-state index contributed by atoms with van der Waals surface area (Å²) in [5.74, 6) is 0.327. The van der Waals surface area contributed by atoms with Crippen LogP contribution in [0, 0.1) is 17.0 Å². The third-order valence-electron chi connectivity index (χ3n) is 3.90. The van der Waals surface area contributed by atoms with Gasteiger partial charge in [0.05, 0.1) is 10.5 Å². The monoisotopic (exact) mass is 389 g/mol. The van der Waals surface area contributed by atoms with Crippen LogP contribution in [0.1, 0.15) is 24.3 Å². The van der Waals surface area contributed by atoms with Crippen molar-refractivity contribution in [1.82, 2.24) is 5.01 Å². The highest BCUT2D eigenvalue weighted by Crippen LogP contribution is 2.34. The summed E-state index contributed by atoms with van der Waals surface area (Å²) in [6.45, 7) is 3.11. The topological polar surface area (TPSA) is 94.3 Å². The summed E-state index contributed by atoms with van der Waals surface area (Å²) in [4.78, 5) is 22.7. The van der Waals surface area contributed by atoms with Gasteiger partial charge in [0.25, 0.3) is 5.69 Å². The number of para-hydroxylation sites is 1. The molecule has 0 spiro atoms. The lowest BCUT2D eigenvalue weighted by Gasteiger charge is -2.19. The summed E-state index contributed by atoms with van der Waals surface area (Å²) in [7, 11) is 0. The number of ether oxygens (including phenoxy) is 2. The number of hydrazone groups is 1. The average Bonchev–Trinajstić information content (AvgIpc) is 3.05. The van der Waals surface area contributed by atoms with Crippen LogP contribution in [0.2, 0.25) is 5.02 Å². The number of nitro groups is 1. The van der Waals surface area contributed by atoms with Gasteiger partial charge in [-0.3, -0.25) is 14.9 Å². The van der Waals surface area contributed by atoms with Crippen LogP contribution in [0.15, 0.2) is 47.6 Å². The molecule has 1 aliphatic rings. The minimum atomic E-state index is -1.02. The van der Waals surface area contributed by atoms with Crippen molar-refractivity contribution in [2.24, 2.45) is 5.10 Å². The first kappa shape index (κ1) is 18.7. The maximum Gasteiger partial charge on any atom is 0.278 e.